The quantitative estimate of drug-likeness (QED) is 0.335. The summed E-state index contributed by atoms with van der Waals surface area (Å²) < 4.78 is 13.2. The molecule has 0 atom stereocenters. The third-order valence-corrected chi connectivity index (χ3v) is 5.47. The van der Waals surface area contributed by atoms with Gasteiger partial charge in [-0.3, -0.25) is 9.78 Å². The minimum absolute atomic E-state index is 0.0744. The molecule has 170 valence electrons. The van der Waals surface area contributed by atoms with Crippen LogP contribution in [0.3, 0.4) is 0 Å². The monoisotopic (exact) mass is 444 g/mol. The van der Waals surface area contributed by atoms with Crippen molar-refractivity contribution >= 4 is 16.9 Å². The number of unbranched alkanes of at least 4 members (excludes halogenated alkanes) is 1. The van der Waals surface area contributed by atoms with Gasteiger partial charge in [-0.1, -0.05) is 12.1 Å². The van der Waals surface area contributed by atoms with Crippen molar-refractivity contribution < 1.29 is 14.3 Å². The molecule has 7 heteroatoms. The second-order valence-electron chi connectivity index (χ2n) is 7.80. The van der Waals surface area contributed by atoms with Gasteiger partial charge in [-0.25, -0.2) is 4.98 Å². The SMILES string of the molecule is COc1ccc(OCCCCn2c(CN(C)C(=O)c3cccnc3)nc3ccccc32)cc1. The summed E-state index contributed by atoms with van der Waals surface area (Å²) in [5, 5.41) is 0. The van der Waals surface area contributed by atoms with Crippen molar-refractivity contribution in [3.63, 3.8) is 0 Å². The van der Waals surface area contributed by atoms with Gasteiger partial charge < -0.3 is 18.9 Å². The van der Waals surface area contributed by atoms with Gasteiger partial charge >= 0.3 is 0 Å². The van der Waals surface area contributed by atoms with E-state index in [1.807, 2.05) is 42.5 Å². The predicted octanol–water partition coefficient (Wildman–Crippen LogP) is 4.57. The van der Waals surface area contributed by atoms with E-state index in [2.05, 4.69) is 15.6 Å². The number of hydrogen-bond acceptors (Lipinski definition) is 5. The van der Waals surface area contributed by atoms with Gasteiger partial charge in [-0.05, 0) is 61.4 Å². The van der Waals surface area contributed by atoms with Crippen LogP contribution in [0.2, 0.25) is 0 Å². The number of fused-ring (bicyclic) bond motifs is 1. The Morgan fingerprint density at radius 1 is 1.00 bits per heavy atom. The van der Waals surface area contributed by atoms with Gasteiger partial charge in [0.25, 0.3) is 5.91 Å². The summed E-state index contributed by atoms with van der Waals surface area (Å²) in [6, 6.07) is 19.2. The standard InChI is InChI=1S/C26H28N4O3/c1-29(26(31)20-8-7-15-27-18-20)19-25-28-23-9-3-4-10-24(23)30(25)16-5-6-17-33-22-13-11-21(32-2)12-14-22/h3-4,7-15,18H,5-6,16-17,19H2,1-2H3. The first-order chi connectivity index (χ1) is 16.2. The second kappa shape index (κ2) is 10.6. The molecule has 2 aromatic carbocycles. The van der Waals surface area contributed by atoms with Gasteiger partial charge in [0.1, 0.15) is 17.3 Å². The van der Waals surface area contributed by atoms with E-state index in [1.165, 1.54) is 0 Å². The normalized spacial score (nSPS) is 10.8. The van der Waals surface area contributed by atoms with E-state index in [0.29, 0.717) is 18.7 Å². The highest BCUT2D eigenvalue weighted by Crippen LogP contribution is 2.20. The Kier molecular flexibility index (Phi) is 7.19. The lowest BCUT2D eigenvalue weighted by atomic mass is 10.2. The molecule has 0 aliphatic rings. The van der Waals surface area contributed by atoms with Crippen LogP contribution in [0.25, 0.3) is 11.0 Å². The molecule has 1 amide bonds. The van der Waals surface area contributed by atoms with Gasteiger partial charge in [0, 0.05) is 26.0 Å². The number of imidazole rings is 1. The van der Waals surface area contributed by atoms with Crippen molar-refractivity contribution in [3.8, 4) is 11.5 Å². The van der Waals surface area contributed by atoms with Crippen LogP contribution < -0.4 is 9.47 Å². The van der Waals surface area contributed by atoms with Crippen LogP contribution in [-0.4, -0.2) is 46.1 Å². The summed E-state index contributed by atoms with van der Waals surface area (Å²) in [6.45, 7) is 1.86. The summed E-state index contributed by atoms with van der Waals surface area (Å²) in [5.74, 6) is 2.44. The van der Waals surface area contributed by atoms with Crippen molar-refractivity contribution in [2.24, 2.45) is 0 Å². The number of aryl methyl sites for hydroxylation is 1. The summed E-state index contributed by atoms with van der Waals surface area (Å²) >= 11 is 0. The number of carbonyl (C=O) groups excluding carboxylic acids is 1. The maximum Gasteiger partial charge on any atom is 0.255 e. The van der Waals surface area contributed by atoms with E-state index in [1.54, 1.807) is 43.6 Å². The summed E-state index contributed by atoms with van der Waals surface area (Å²) in [4.78, 5) is 23.3. The van der Waals surface area contributed by atoms with E-state index < -0.39 is 0 Å². The molecule has 4 rings (SSSR count). The molecule has 0 N–H and O–H groups in total. The Morgan fingerprint density at radius 3 is 2.55 bits per heavy atom. The fraction of sp³-hybridized carbons (Fsp3) is 0.269. The van der Waals surface area contributed by atoms with Gasteiger partial charge in [0.2, 0.25) is 0 Å². The molecule has 7 nitrogen and oxygen atoms in total. The minimum atomic E-state index is -0.0744. The molecule has 0 radical (unpaired) electrons. The smallest absolute Gasteiger partial charge is 0.255 e. The molecule has 0 spiro atoms. The zero-order valence-electron chi connectivity index (χ0n) is 19.0. The number of carbonyl (C=O) groups is 1. The number of nitrogens with zero attached hydrogens (tertiary/aromatic N) is 4. The number of pyridine rings is 1. The summed E-state index contributed by atoms with van der Waals surface area (Å²) in [5.41, 5.74) is 2.58. The molecule has 0 saturated heterocycles. The van der Waals surface area contributed by atoms with Crippen molar-refractivity contribution in [3.05, 3.63) is 84.4 Å². The van der Waals surface area contributed by atoms with Gasteiger partial charge in [-0.2, -0.15) is 0 Å². The van der Waals surface area contributed by atoms with E-state index in [0.717, 1.165) is 47.7 Å². The van der Waals surface area contributed by atoms with Crippen molar-refractivity contribution in [2.75, 3.05) is 20.8 Å². The molecular weight excluding hydrogens is 416 g/mol. The van der Waals surface area contributed by atoms with E-state index >= 15 is 0 Å². The summed E-state index contributed by atoms with van der Waals surface area (Å²) in [6.07, 6.45) is 5.09. The number of ether oxygens (including phenoxy) is 2. The Bertz CT molecular complexity index is 1190. The van der Waals surface area contributed by atoms with Crippen LogP contribution in [0.4, 0.5) is 0 Å². The predicted molar refractivity (Wildman–Crippen MR) is 127 cm³/mol. The van der Waals surface area contributed by atoms with Crippen LogP contribution >= 0.6 is 0 Å². The van der Waals surface area contributed by atoms with E-state index in [4.69, 9.17) is 14.5 Å². The number of benzene rings is 2. The Balaban J connectivity index is 1.39. The van der Waals surface area contributed by atoms with Gasteiger partial charge in [0.15, 0.2) is 0 Å². The first-order valence-corrected chi connectivity index (χ1v) is 11.0. The van der Waals surface area contributed by atoms with E-state index in [9.17, 15) is 4.79 Å². The third kappa shape index (κ3) is 5.49. The van der Waals surface area contributed by atoms with Crippen LogP contribution in [0.1, 0.15) is 29.0 Å². The zero-order chi connectivity index (χ0) is 23.0. The molecule has 33 heavy (non-hydrogen) atoms. The first kappa shape index (κ1) is 22.3. The molecule has 4 aromatic rings. The number of para-hydroxylation sites is 2. The highest BCUT2D eigenvalue weighted by atomic mass is 16.5. The molecule has 0 saturated carbocycles. The van der Waals surface area contributed by atoms with Crippen LogP contribution in [0.15, 0.2) is 73.1 Å². The topological polar surface area (TPSA) is 69.5 Å². The van der Waals surface area contributed by atoms with Crippen molar-refractivity contribution in [2.45, 2.75) is 25.9 Å². The first-order valence-electron chi connectivity index (χ1n) is 11.0. The number of aromatic nitrogens is 3. The Morgan fingerprint density at radius 2 is 1.79 bits per heavy atom. The zero-order valence-corrected chi connectivity index (χ0v) is 19.0. The maximum atomic E-state index is 12.8. The number of amides is 1. The molecule has 0 bridgehead atoms. The molecule has 0 aliphatic heterocycles. The fourth-order valence-corrected chi connectivity index (χ4v) is 3.72. The lowest BCUT2D eigenvalue weighted by Crippen LogP contribution is -2.28. The lowest BCUT2D eigenvalue weighted by Gasteiger charge is -2.18. The average Bonchev–Trinajstić information content (AvgIpc) is 3.21. The highest BCUT2D eigenvalue weighted by molar-refractivity contribution is 5.93. The van der Waals surface area contributed by atoms with Gasteiger partial charge in [0.05, 0.1) is 36.9 Å². The van der Waals surface area contributed by atoms with Crippen molar-refractivity contribution in [1.82, 2.24) is 19.4 Å². The molecule has 2 heterocycles. The maximum absolute atomic E-state index is 12.8. The molecule has 0 aliphatic carbocycles. The number of hydrogen-bond donors (Lipinski definition) is 0. The lowest BCUT2D eigenvalue weighted by molar-refractivity contribution is 0.0779. The van der Waals surface area contributed by atoms with Crippen LogP contribution in [0.5, 0.6) is 11.5 Å². The van der Waals surface area contributed by atoms with E-state index in [-0.39, 0.29) is 5.91 Å². The Hall–Kier alpha value is -3.87. The van der Waals surface area contributed by atoms with Gasteiger partial charge in [-0.15, -0.1) is 0 Å². The molecular formula is C26H28N4O3. The Labute approximate surface area is 193 Å². The minimum Gasteiger partial charge on any atom is -0.497 e. The van der Waals surface area contributed by atoms with Crippen molar-refractivity contribution in [1.29, 1.82) is 0 Å². The number of methoxy groups -OCH3 is 1. The molecule has 0 fully saturated rings. The number of rotatable bonds is 10. The van der Waals surface area contributed by atoms with Crippen LogP contribution in [0, 0.1) is 0 Å². The fourth-order valence-electron chi connectivity index (χ4n) is 3.72. The highest BCUT2D eigenvalue weighted by Gasteiger charge is 2.17. The summed E-state index contributed by atoms with van der Waals surface area (Å²) in [7, 11) is 3.44. The third-order valence-electron chi connectivity index (χ3n) is 5.47. The largest absolute Gasteiger partial charge is 0.497 e. The van der Waals surface area contributed by atoms with Crippen LogP contribution in [-0.2, 0) is 13.1 Å². The molecule has 0 unspecified atom stereocenters. The average molecular weight is 445 g/mol. The second-order valence-corrected chi connectivity index (χ2v) is 7.80. The molecule has 2 aromatic heterocycles.